The van der Waals surface area contributed by atoms with E-state index in [9.17, 15) is 28.1 Å². The molecule has 0 saturated carbocycles. The Labute approximate surface area is 217 Å². The fourth-order valence-corrected chi connectivity index (χ4v) is 5.40. The Bertz CT molecular complexity index is 1590. The fraction of sp³-hybridized carbons (Fsp3) is 0.0370. The predicted octanol–water partition coefficient (Wildman–Crippen LogP) is 5.86. The summed E-state index contributed by atoms with van der Waals surface area (Å²) < 4.78 is 32.5. The lowest BCUT2D eigenvalue weighted by Gasteiger charge is -2.18. The topological polar surface area (TPSA) is 121 Å². The van der Waals surface area contributed by atoms with Gasteiger partial charge in [-0.25, -0.2) is 13.2 Å². The van der Waals surface area contributed by atoms with Crippen molar-refractivity contribution in [3.63, 3.8) is 0 Å². The van der Waals surface area contributed by atoms with Gasteiger partial charge < -0.3 is 4.74 Å². The predicted molar refractivity (Wildman–Crippen MR) is 135 cm³/mol. The van der Waals surface area contributed by atoms with E-state index < -0.39 is 48.1 Å². The molecular formula is C27H18ClNO7S. The quantitative estimate of drug-likeness (QED) is 0.120. The highest BCUT2D eigenvalue weighted by atomic mass is 35.5. The van der Waals surface area contributed by atoms with Crippen LogP contribution in [0.1, 0.15) is 32.4 Å². The molecule has 0 N–H and O–H groups in total. The SMILES string of the molecule is O=C(O[C@@H](C(=O)c1ccc(Cl)cc1)c1ccccc1)c1ccccc1S(=O)(=O)c1ccccc1[N+](=O)[O-]. The van der Waals surface area contributed by atoms with Gasteiger partial charge in [-0.05, 0) is 42.5 Å². The van der Waals surface area contributed by atoms with Crippen molar-refractivity contribution in [2.75, 3.05) is 0 Å². The summed E-state index contributed by atoms with van der Waals surface area (Å²) in [5.41, 5.74) is -0.405. The normalized spacial score (nSPS) is 11.9. The molecule has 8 nitrogen and oxygen atoms in total. The number of ketones is 1. The van der Waals surface area contributed by atoms with E-state index in [2.05, 4.69) is 0 Å². The number of ether oxygens (including phenoxy) is 1. The minimum Gasteiger partial charge on any atom is -0.445 e. The van der Waals surface area contributed by atoms with E-state index in [1.54, 1.807) is 30.3 Å². The van der Waals surface area contributed by atoms with E-state index in [0.29, 0.717) is 10.6 Å². The summed E-state index contributed by atoms with van der Waals surface area (Å²) in [6.45, 7) is 0. The maximum atomic E-state index is 13.4. The molecule has 186 valence electrons. The van der Waals surface area contributed by atoms with Gasteiger partial charge in [0.25, 0.3) is 5.69 Å². The summed E-state index contributed by atoms with van der Waals surface area (Å²) in [6.07, 6.45) is -1.39. The van der Waals surface area contributed by atoms with Crippen molar-refractivity contribution in [1.29, 1.82) is 0 Å². The number of Topliss-reactive ketones (excluding diaryl/α,β-unsaturated/α-hetero) is 1. The molecule has 0 radical (unpaired) electrons. The first-order valence-electron chi connectivity index (χ1n) is 10.8. The van der Waals surface area contributed by atoms with Gasteiger partial charge in [0.1, 0.15) is 4.90 Å². The van der Waals surface area contributed by atoms with Crippen molar-refractivity contribution in [1.82, 2.24) is 0 Å². The highest BCUT2D eigenvalue weighted by molar-refractivity contribution is 7.91. The second kappa shape index (κ2) is 10.7. The van der Waals surface area contributed by atoms with Crippen molar-refractivity contribution in [3.05, 3.63) is 135 Å². The zero-order chi connectivity index (χ0) is 26.6. The number of esters is 1. The molecule has 0 amide bonds. The summed E-state index contributed by atoms with van der Waals surface area (Å²) in [4.78, 5) is 36.3. The van der Waals surface area contributed by atoms with Crippen molar-refractivity contribution in [3.8, 4) is 0 Å². The van der Waals surface area contributed by atoms with Gasteiger partial charge in [-0.2, -0.15) is 0 Å². The average molecular weight is 536 g/mol. The summed E-state index contributed by atoms with van der Waals surface area (Å²) in [7, 11) is -4.51. The van der Waals surface area contributed by atoms with Crippen LogP contribution < -0.4 is 0 Å². The average Bonchev–Trinajstić information content (AvgIpc) is 2.92. The van der Waals surface area contributed by atoms with Crippen LogP contribution in [0.2, 0.25) is 5.02 Å². The molecule has 0 spiro atoms. The molecule has 4 rings (SSSR count). The standard InChI is InChI=1S/C27H18ClNO7S/c28-20-16-14-18(15-17-20)25(30)26(19-8-2-1-3-9-19)36-27(31)21-10-4-6-12-23(21)37(34,35)24-13-7-5-11-22(24)29(32)33/h1-17,26H/t26-/m1/s1. The number of carbonyl (C=O) groups is 2. The van der Waals surface area contributed by atoms with Crippen molar-refractivity contribution < 1.29 is 27.7 Å². The Morgan fingerprint density at radius 3 is 2.00 bits per heavy atom. The number of nitrogens with zero attached hydrogens (tertiary/aromatic N) is 1. The van der Waals surface area contributed by atoms with Gasteiger partial charge >= 0.3 is 5.97 Å². The maximum Gasteiger partial charge on any atom is 0.340 e. The van der Waals surface area contributed by atoms with Crippen LogP contribution in [0.4, 0.5) is 5.69 Å². The lowest BCUT2D eigenvalue weighted by atomic mass is 9.99. The number of halogens is 1. The fourth-order valence-electron chi connectivity index (χ4n) is 3.66. The van der Waals surface area contributed by atoms with Gasteiger partial charge in [-0.3, -0.25) is 14.9 Å². The summed E-state index contributed by atoms with van der Waals surface area (Å²) in [6, 6.07) is 24.3. The third-order valence-corrected chi connectivity index (χ3v) is 7.55. The molecule has 0 aliphatic heterocycles. The van der Waals surface area contributed by atoms with Gasteiger partial charge in [-0.1, -0.05) is 66.2 Å². The van der Waals surface area contributed by atoms with Crippen LogP contribution in [0.15, 0.2) is 113 Å². The van der Waals surface area contributed by atoms with Crippen LogP contribution in [0.25, 0.3) is 0 Å². The summed E-state index contributed by atoms with van der Waals surface area (Å²) in [5.74, 6) is -1.64. The van der Waals surface area contributed by atoms with Crippen LogP contribution >= 0.6 is 11.6 Å². The second-order valence-corrected chi connectivity index (χ2v) is 10.1. The molecule has 0 saturated heterocycles. The third-order valence-electron chi connectivity index (χ3n) is 5.44. The van der Waals surface area contributed by atoms with Gasteiger partial charge in [0.05, 0.1) is 15.4 Å². The Balaban J connectivity index is 1.76. The highest BCUT2D eigenvalue weighted by Crippen LogP contribution is 2.32. The van der Waals surface area contributed by atoms with Gasteiger partial charge in [0.2, 0.25) is 15.6 Å². The maximum absolute atomic E-state index is 13.4. The summed E-state index contributed by atoms with van der Waals surface area (Å²) >= 11 is 5.92. The zero-order valence-corrected chi connectivity index (χ0v) is 20.6. The smallest absolute Gasteiger partial charge is 0.340 e. The van der Waals surface area contributed by atoms with Gasteiger partial charge in [0.15, 0.2) is 6.10 Å². The van der Waals surface area contributed by atoms with Crippen LogP contribution in [0.5, 0.6) is 0 Å². The van der Waals surface area contributed by atoms with Gasteiger partial charge in [0, 0.05) is 22.2 Å². The lowest BCUT2D eigenvalue weighted by molar-refractivity contribution is -0.387. The molecular weight excluding hydrogens is 518 g/mol. The van der Waals surface area contributed by atoms with Crippen LogP contribution in [-0.4, -0.2) is 25.1 Å². The van der Waals surface area contributed by atoms with E-state index in [1.807, 2.05) is 0 Å². The minimum absolute atomic E-state index is 0.229. The number of benzene rings is 4. The Morgan fingerprint density at radius 2 is 1.35 bits per heavy atom. The molecule has 0 fully saturated rings. The number of rotatable bonds is 8. The molecule has 0 heterocycles. The van der Waals surface area contributed by atoms with Crippen molar-refractivity contribution >= 4 is 38.9 Å². The molecule has 1 atom stereocenters. The zero-order valence-electron chi connectivity index (χ0n) is 19.0. The number of nitro benzene ring substituents is 1. The van der Waals surface area contributed by atoms with Gasteiger partial charge in [-0.15, -0.1) is 0 Å². The van der Waals surface area contributed by atoms with E-state index in [0.717, 1.165) is 18.2 Å². The summed E-state index contributed by atoms with van der Waals surface area (Å²) in [5, 5.41) is 11.9. The number of para-hydroxylation sites is 1. The van der Waals surface area contributed by atoms with E-state index in [1.165, 1.54) is 54.6 Å². The van der Waals surface area contributed by atoms with Crippen LogP contribution in [0.3, 0.4) is 0 Å². The second-order valence-electron chi connectivity index (χ2n) is 7.79. The highest BCUT2D eigenvalue weighted by Gasteiger charge is 2.33. The first kappa shape index (κ1) is 25.7. The molecule has 0 unspecified atom stereocenters. The van der Waals surface area contributed by atoms with E-state index in [4.69, 9.17) is 16.3 Å². The molecule has 37 heavy (non-hydrogen) atoms. The molecule has 10 heteroatoms. The Kier molecular flexibility index (Phi) is 7.47. The van der Waals surface area contributed by atoms with Crippen molar-refractivity contribution in [2.24, 2.45) is 0 Å². The minimum atomic E-state index is -4.51. The molecule has 4 aromatic rings. The Hall–Kier alpha value is -4.34. The third kappa shape index (κ3) is 5.42. The molecule has 4 aromatic carbocycles. The number of hydrogen-bond acceptors (Lipinski definition) is 7. The first-order chi connectivity index (χ1) is 17.7. The number of carbonyl (C=O) groups excluding carboxylic acids is 2. The number of nitro groups is 1. The molecule has 0 aliphatic carbocycles. The number of hydrogen-bond donors (Lipinski definition) is 0. The number of sulfone groups is 1. The molecule has 0 aromatic heterocycles. The molecule has 0 bridgehead atoms. The van der Waals surface area contributed by atoms with E-state index >= 15 is 0 Å². The molecule has 0 aliphatic rings. The largest absolute Gasteiger partial charge is 0.445 e. The van der Waals surface area contributed by atoms with E-state index in [-0.39, 0.29) is 11.1 Å². The monoisotopic (exact) mass is 535 g/mol. The lowest BCUT2D eigenvalue weighted by Crippen LogP contribution is -2.21. The van der Waals surface area contributed by atoms with Crippen LogP contribution in [0, 0.1) is 10.1 Å². The van der Waals surface area contributed by atoms with Crippen LogP contribution in [-0.2, 0) is 14.6 Å². The first-order valence-corrected chi connectivity index (χ1v) is 12.7. The Morgan fingerprint density at radius 1 is 0.784 bits per heavy atom. The van der Waals surface area contributed by atoms with Crippen molar-refractivity contribution in [2.45, 2.75) is 15.9 Å².